The van der Waals surface area contributed by atoms with E-state index < -0.39 is 0 Å². The molecule has 5 aromatic heterocycles. The normalized spacial score (nSPS) is 11.9. The summed E-state index contributed by atoms with van der Waals surface area (Å²) in [5, 5.41) is 9.81. The summed E-state index contributed by atoms with van der Waals surface area (Å²) in [7, 11) is 0. The highest BCUT2D eigenvalue weighted by Gasteiger charge is 2.28. The fourth-order valence-corrected chi connectivity index (χ4v) is 14.4. The van der Waals surface area contributed by atoms with Crippen LogP contribution >= 0.6 is 11.3 Å². The minimum atomic E-state index is 0.632. The van der Waals surface area contributed by atoms with Gasteiger partial charge in [0.25, 0.3) is 0 Å². The number of fused-ring (bicyclic) bond motifs is 13. The van der Waals surface area contributed by atoms with Gasteiger partial charge in [-0.25, -0.2) is 9.97 Å². The zero-order valence-electron chi connectivity index (χ0n) is 44.3. The van der Waals surface area contributed by atoms with Gasteiger partial charge in [0.1, 0.15) is 0 Å². The lowest BCUT2D eigenvalue weighted by atomic mass is 9.90. The van der Waals surface area contributed by atoms with Crippen LogP contribution < -0.4 is 0 Å². The highest BCUT2D eigenvalue weighted by molar-refractivity contribution is 7.26. The molecule has 12 aromatic carbocycles. The fourth-order valence-electron chi connectivity index (χ4n) is 13.1. The molecule has 0 aliphatic carbocycles. The fraction of sp³-hybridized carbons (Fsp3) is 0. The molecule has 0 bridgehead atoms. The van der Waals surface area contributed by atoms with Crippen molar-refractivity contribution in [2.45, 2.75) is 0 Å². The molecule has 17 rings (SSSR count). The van der Waals surface area contributed by atoms with Gasteiger partial charge in [0, 0.05) is 91.4 Å². The summed E-state index contributed by atoms with van der Waals surface area (Å²) < 4.78 is 10.1. The topological polar surface area (TPSA) is 40.6 Å². The molecule has 0 spiro atoms. The summed E-state index contributed by atoms with van der Waals surface area (Å²) in [4.78, 5) is 11.2. The van der Waals surface area contributed by atoms with Gasteiger partial charge in [-0.3, -0.25) is 0 Å². The Labute approximate surface area is 476 Å². The lowest BCUT2D eigenvalue weighted by Crippen LogP contribution is -2.06. The second kappa shape index (κ2) is 18.5. The van der Waals surface area contributed by atoms with Crippen molar-refractivity contribution in [1.29, 1.82) is 0 Å². The van der Waals surface area contributed by atoms with Gasteiger partial charge in [0.05, 0.1) is 61.6 Å². The van der Waals surface area contributed by atoms with Crippen LogP contribution in [-0.2, 0) is 0 Å². The van der Waals surface area contributed by atoms with Gasteiger partial charge in [-0.05, 0) is 72.8 Å². The number of rotatable bonds is 8. The third kappa shape index (κ3) is 7.05. The quantitative estimate of drug-likeness (QED) is 0.152. The van der Waals surface area contributed by atoms with E-state index in [-0.39, 0.29) is 0 Å². The molecule has 6 heteroatoms. The highest BCUT2D eigenvalue weighted by Crippen LogP contribution is 2.50. The van der Waals surface area contributed by atoms with Gasteiger partial charge < -0.3 is 13.7 Å². The molecule has 0 N–H and O–H groups in total. The lowest BCUT2D eigenvalue weighted by molar-refractivity contribution is 1.15. The van der Waals surface area contributed by atoms with Gasteiger partial charge in [0.15, 0.2) is 5.82 Å². The van der Waals surface area contributed by atoms with Crippen LogP contribution in [0.25, 0.3) is 159 Å². The average molecular weight is 1060 g/mol. The van der Waals surface area contributed by atoms with Crippen LogP contribution in [-0.4, -0.2) is 23.7 Å². The van der Waals surface area contributed by atoms with E-state index in [9.17, 15) is 0 Å². The number of thiophene rings is 1. The molecule has 0 aliphatic heterocycles. The third-order valence-electron chi connectivity index (χ3n) is 16.7. The molecular formula is C76H47N5S. The maximum absolute atomic E-state index is 5.60. The highest BCUT2D eigenvalue weighted by atomic mass is 32.1. The zero-order valence-corrected chi connectivity index (χ0v) is 45.1. The summed E-state index contributed by atoms with van der Waals surface area (Å²) in [6, 6.07) is 104. The summed E-state index contributed by atoms with van der Waals surface area (Å²) in [6.07, 6.45) is 0. The molecule has 0 fully saturated rings. The van der Waals surface area contributed by atoms with E-state index in [1.54, 1.807) is 0 Å². The first-order valence-corrected chi connectivity index (χ1v) is 28.7. The van der Waals surface area contributed by atoms with Crippen molar-refractivity contribution in [3.8, 4) is 73.2 Å². The van der Waals surface area contributed by atoms with Gasteiger partial charge >= 0.3 is 0 Å². The summed E-state index contributed by atoms with van der Waals surface area (Å²) in [6.45, 7) is 0. The molecule has 382 valence electrons. The van der Waals surface area contributed by atoms with Crippen LogP contribution in [0, 0.1) is 0 Å². The molecule has 17 aromatic rings. The van der Waals surface area contributed by atoms with Crippen molar-refractivity contribution in [3.63, 3.8) is 0 Å². The SMILES string of the molecule is c1ccc(-c2cc(-c3ccccc3)nc(-c3cc(-c4ccccc4-n4c5ccccc5c5ccccc54)c(-n4c5ccccc5c5c6sc7ccccc7c6ccc54)c(-c4ccccc4-n4c5ccccc5c5ccccc54)c3)n2)cc1. The zero-order chi connectivity index (χ0) is 53.8. The summed E-state index contributed by atoms with van der Waals surface area (Å²) in [5.74, 6) is 0.632. The van der Waals surface area contributed by atoms with E-state index in [2.05, 4.69) is 299 Å². The van der Waals surface area contributed by atoms with E-state index in [0.717, 1.165) is 100 Å². The molecular weight excluding hydrogens is 1010 g/mol. The van der Waals surface area contributed by atoms with E-state index >= 15 is 0 Å². The van der Waals surface area contributed by atoms with E-state index in [1.165, 1.54) is 52.5 Å². The van der Waals surface area contributed by atoms with Gasteiger partial charge in [-0.2, -0.15) is 0 Å². The van der Waals surface area contributed by atoms with Crippen molar-refractivity contribution in [1.82, 2.24) is 23.7 Å². The molecule has 5 nitrogen and oxygen atoms in total. The predicted molar refractivity (Wildman–Crippen MR) is 345 cm³/mol. The number of nitrogens with zero attached hydrogens (tertiary/aromatic N) is 5. The van der Waals surface area contributed by atoms with E-state index in [4.69, 9.17) is 9.97 Å². The minimum absolute atomic E-state index is 0.632. The molecule has 0 aliphatic rings. The second-order valence-electron chi connectivity index (χ2n) is 21.2. The molecule has 0 unspecified atom stereocenters. The molecule has 0 atom stereocenters. The Hall–Kier alpha value is -10.7. The minimum Gasteiger partial charge on any atom is -0.309 e. The Morgan fingerprint density at radius 1 is 0.268 bits per heavy atom. The Morgan fingerprint density at radius 2 is 0.671 bits per heavy atom. The first-order valence-electron chi connectivity index (χ1n) is 27.9. The van der Waals surface area contributed by atoms with Crippen LogP contribution in [0.3, 0.4) is 0 Å². The lowest BCUT2D eigenvalue weighted by Gasteiger charge is -2.24. The standard InChI is InChI=1S/C76H47N5S/c1-3-23-48(24-4-1)62-47-63(49-25-5-2-6-26-49)78-76(77-62)50-45-60(55-31-11-19-39-68(55)79-64-35-15-7-27-51(64)52-28-8-16-36-65(52)79)74(81-70-41-21-13-34-59(70)73-71(81)44-43-58-57-33-14-22-42-72(57)82-75(58)73)61(46-50)56-32-12-20-40-69(56)80-66-37-17-9-29-53(66)54-30-10-18-38-67(54)80/h1-47H. The van der Waals surface area contributed by atoms with Crippen LogP contribution in [0.15, 0.2) is 285 Å². The van der Waals surface area contributed by atoms with Crippen molar-refractivity contribution in [2.75, 3.05) is 0 Å². The molecule has 82 heavy (non-hydrogen) atoms. The smallest absolute Gasteiger partial charge is 0.160 e. The number of benzene rings is 12. The van der Waals surface area contributed by atoms with Crippen LogP contribution in [0.4, 0.5) is 0 Å². The Balaban J connectivity index is 1.07. The molecule has 0 saturated heterocycles. The number of aromatic nitrogens is 5. The van der Waals surface area contributed by atoms with Crippen molar-refractivity contribution in [3.05, 3.63) is 285 Å². The predicted octanol–water partition coefficient (Wildman–Crippen LogP) is 20.5. The van der Waals surface area contributed by atoms with Crippen LogP contribution in [0.5, 0.6) is 0 Å². The van der Waals surface area contributed by atoms with Crippen molar-refractivity contribution < 1.29 is 0 Å². The monoisotopic (exact) mass is 1060 g/mol. The Morgan fingerprint density at radius 3 is 1.17 bits per heavy atom. The number of hydrogen-bond donors (Lipinski definition) is 0. The van der Waals surface area contributed by atoms with Gasteiger partial charge in [0.2, 0.25) is 0 Å². The van der Waals surface area contributed by atoms with Crippen molar-refractivity contribution in [2.24, 2.45) is 0 Å². The Kier molecular flexibility index (Phi) is 10.4. The van der Waals surface area contributed by atoms with Crippen molar-refractivity contribution >= 4 is 96.9 Å². The Bertz CT molecular complexity index is 5070. The number of para-hydroxylation sites is 7. The molecule has 0 amide bonds. The first-order chi connectivity index (χ1) is 40.7. The third-order valence-corrected chi connectivity index (χ3v) is 17.9. The molecule has 5 heterocycles. The average Bonchev–Trinajstić information content (AvgIpc) is 2.88. The summed E-state index contributed by atoms with van der Waals surface area (Å²) in [5.41, 5.74) is 18.8. The number of hydrogen-bond acceptors (Lipinski definition) is 3. The first kappa shape index (κ1) is 46.3. The van der Waals surface area contributed by atoms with Gasteiger partial charge in [-0.15, -0.1) is 11.3 Å². The second-order valence-corrected chi connectivity index (χ2v) is 22.2. The van der Waals surface area contributed by atoms with Gasteiger partial charge in [-0.1, -0.05) is 212 Å². The maximum Gasteiger partial charge on any atom is 0.160 e. The summed E-state index contributed by atoms with van der Waals surface area (Å²) >= 11 is 1.88. The molecule has 0 saturated carbocycles. The maximum atomic E-state index is 5.60. The van der Waals surface area contributed by atoms with Crippen LogP contribution in [0.2, 0.25) is 0 Å². The molecule has 0 radical (unpaired) electrons. The van der Waals surface area contributed by atoms with E-state index in [0.29, 0.717) is 5.82 Å². The van der Waals surface area contributed by atoms with E-state index in [1.807, 2.05) is 11.3 Å². The largest absolute Gasteiger partial charge is 0.309 e. The van der Waals surface area contributed by atoms with Crippen LogP contribution in [0.1, 0.15) is 0 Å².